The van der Waals surface area contributed by atoms with Crippen molar-refractivity contribution in [1.29, 1.82) is 0 Å². The number of fused-ring (bicyclic) bond motifs is 1. The molecule has 3 heterocycles. The van der Waals surface area contributed by atoms with E-state index in [0.717, 1.165) is 5.56 Å². The Balaban J connectivity index is 1.66. The smallest absolute Gasteiger partial charge is 0.255 e. The van der Waals surface area contributed by atoms with Gasteiger partial charge in [0.1, 0.15) is 6.33 Å². The van der Waals surface area contributed by atoms with E-state index in [2.05, 4.69) is 23.8 Å². The Morgan fingerprint density at radius 1 is 1.14 bits per heavy atom. The van der Waals surface area contributed by atoms with Crippen molar-refractivity contribution in [3.8, 4) is 11.4 Å². The van der Waals surface area contributed by atoms with Crippen LogP contribution in [0.2, 0.25) is 0 Å². The van der Waals surface area contributed by atoms with E-state index in [1.807, 2.05) is 35.2 Å². The van der Waals surface area contributed by atoms with Crippen molar-refractivity contribution in [1.82, 2.24) is 19.5 Å². The van der Waals surface area contributed by atoms with Crippen LogP contribution < -0.4 is 10.5 Å². The van der Waals surface area contributed by atoms with Gasteiger partial charge in [0, 0.05) is 43.7 Å². The predicted octanol–water partition coefficient (Wildman–Crippen LogP) is 2.15. The van der Waals surface area contributed by atoms with E-state index in [9.17, 15) is 9.90 Å². The zero-order valence-electron chi connectivity index (χ0n) is 16.7. The van der Waals surface area contributed by atoms with Crippen LogP contribution >= 0.6 is 0 Å². The molecule has 0 aliphatic carbocycles. The molecule has 2 aromatic heterocycles. The van der Waals surface area contributed by atoms with Crippen LogP contribution in [-0.2, 0) is 13.0 Å². The normalized spacial score (nSPS) is 16.3. The van der Waals surface area contributed by atoms with E-state index in [1.54, 1.807) is 16.8 Å². The van der Waals surface area contributed by atoms with Gasteiger partial charge in [0.15, 0.2) is 0 Å². The summed E-state index contributed by atoms with van der Waals surface area (Å²) in [6.07, 6.45) is 3.05. The topological polar surface area (TPSA) is 84.1 Å². The minimum atomic E-state index is -0.570. The van der Waals surface area contributed by atoms with Crippen LogP contribution in [0.15, 0.2) is 59.8 Å². The van der Waals surface area contributed by atoms with Crippen molar-refractivity contribution in [3.63, 3.8) is 0 Å². The van der Waals surface area contributed by atoms with E-state index >= 15 is 0 Å². The van der Waals surface area contributed by atoms with Crippen molar-refractivity contribution in [2.24, 2.45) is 5.41 Å². The molecular formula is C22H25N5O2. The Morgan fingerprint density at radius 2 is 1.93 bits per heavy atom. The van der Waals surface area contributed by atoms with Crippen LogP contribution in [0.1, 0.15) is 19.4 Å². The number of hydrogen-bond acceptors (Lipinski definition) is 6. The third-order valence-corrected chi connectivity index (χ3v) is 5.07. The monoisotopic (exact) mass is 391 g/mol. The van der Waals surface area contributed by atoms with Gasteiger partial charge in [-0.1, -0.05) is 44.2 Å². The number of benzene rings is 1. The van der Waals surface area contributed by atoms with E-state index in [-0.39, 0.29) is 11.0 Å². The summed E-state index contributed by atoms with van der Waals surface area (Å²) in [4.78, 5) is 27.8. The summed E-state index contributed by atoms with van der Waals surface area (Å²) in [5, 5.41) is 10.7. The molecule has 0 bridgehead atoms. The van der Waals surface area contributed by atoms with Crippen molar-refractivity contribution in [2.75, 3.05) is 18.0 Å². The van der Waals surface area contributed by atoms with E-state index in [4.69, 9.17) is 4.98 Å². The number of rotatable bonds is 5. The first-order chi connectivity index (χ1) is 13.9. The fraction of sp³-hybridized carbons (Fsp3) is 0.364. The van der Waals surface area contributed by atoms with Gasteiger partial charge >= 0.3 is 0 Å². The molecule has 0 spiro atoms. The highest BCUT2D eigenvalue weighted by Gasteiger charge is 2.33. The summed E-state index contributed by atoms with van der Waals surface area (Å²) in [7, 11) is 0. The van der Waals surface area contributed by atoms with Crippen molar-refractivity contribution in [2.45, 2.75) is 32.9 Å². The van der Waals surface area contributed by atoms with Gasteiger partial charge in [0.2, 0.25) is 5.95 Å². The summed E-state index contributed by atoms with van der Waals surface area (Å²) in [6, 6.07) is 13.2. The minimum absolute atomic E-state index is 0.110. The first kappa shape index (κ1) is 19.3. The number of aliphatic hydroxyl groups is 1. The molecule has 1 unspecified atom stereocenters. The molecule has 0 fully saturated rings. The number of hydrogen-bond donors (Lipinski definition) is 1. The fourth-order valence-corrected chi connectivity index (χ4v) is 3.87. The number of nitrogens with zero attached hydrogens (tertiary/aromatic N) is 5. The van der Waals surface area contributed by atoms with E-state index < -0.39 is 6.10 Å². The maximum Gasteiger partial charge on any atom is 0.255 e. The first-order valence-electron chi connectivity index (χ1n) is 9.76. The van der Waals surface area contributed by atoms with Gasteiger partial charge in [-0.25, -0.2) is 15.0 Å². The van der Waals surface area contributed by atoms with Crippen LogP contribution in [0.25, 0.3) is 11.4 Å². The zero-order chi connectivity index (χ0) is 20.4. The van der Waals surface area contributed by atoms with Gasteiger partial charge in [0.25, 0.3) is 5.56 Å². The third kappa shape index (κ3) is 4.35. The molecule has 0 saturated carbocycles. The van der Waals surface area contributed by atoms with Crippen molar-refractivity contribution >= 4 is 5.95 Å². The maximum atomic E-state index is 12.9. The molecule has 0 radical (unpaired) electrons. The Bertz CT molecular complexity index is 1030. The van der Waals surface area contributed by atoms with Gasteiger partial charge in [-0.15, -0.1) is 0 Å². The van der Waals surface area contributed by atoms with Gasteiger partial charge in [-0.3, -0.25) is 9.36 Å². The molecule has 150 valence electrons. The number of β-amino-alcohol motifs (C(OH)–C–C–N with tert-alkyl or cyclic N) is 1. The molecule has 7 nitrogen and oxygen atoms in total. The Morgan fingerprint density at radius 3 is 2.66 bits per heavy atom. The van der Waals surface area contributed by atoms with Crippen molar-refractivity contribution < 1.29 is 5.11 Å². The fourth-order valence-electron chi connectivity index (χ4n) is 3.87. The molecule has 3 aromatic rings. The molecule has 1 aliphatic rings. The molecule has 1 N–H and O–H groups in total. The summed E-state index contributed by atoms with van der Waals surface area (Å²) < 4.78 is 1.70. The predicted molar refractivity (Wildman–Crippen MR) is 112 cm³/mol. The molecule has 0 saturated heterocycles. The van der Waals surface area contributed by atoms with E-state index in [0.29, 0.717) is 43.4 Å². The van der Waals surface area contributed by atoms with Crippen LogP contribution in [0.4, 0.5) is 5.95 Å². The maximum absolute atomic E-state index is 12.9. The SMILES string of the molecule is CC1(C)CN(CC(O)Cc2ccccc2)c2nc(-c3ccncn3)cc(=O)n2C1. The average Bonchev–Trinajstić information content (AvgIpc) is 2.69. The van der Waals surface area contributed by atoms with Gasteiger partial charge < -0.3 is 10.0 Å². The summed E-state index contributed by atoms with van der Waals surface area (Å²) in [5.41, 5.74) is 1.98. The second-order valence-corrected chi connectivity index (χ2v) is 8.35. The molecule has 1 atom stereocenters. The first-order valence-corrected chi connectivity index (χ1v) is 9.76. The summed E-state index contributed by atoms with van der Waals surface area (Å²) >= 11 is 0. The number of aromatic nitrogens is 4. The van der Waals surface area contributed by atoms with E-state index in [1.165, 1.54) is 12.4 Å². The molecular weight excluding hydrogens is 366 g/mol. The zero-order valence-corrected chi connectivity index (χ0v) is 16.7. The molecule has 0 amide bonds. The largest absolute Gasteiger partial charge is 0.391 e. The van der Waals surface area contributed by atoms with Gasteiger partial charge in [0.05, 0.1) is 17.5 Å². The Hall–Kier alpha value is -3.06. The highest BCUT2D eigenvalue weighted by atomic mass is 16.3. The highest BCUT2D eigenvalue weighted by molar-refractivity contribution is 5.55. The third-order valence-electron chi connectivity index (χ3n) is 5.07. The summed E-state index contributed by atoms with van der Waals surface area (Å²) in [5.74, 6) is 0.581. The number of anilines is 1. The van der Waals surface area contributed by atoms with Crippen LogP contribution in [0.5, 0.6) is 0 Å². The summed E-state index contributed by atoms with van der Waals surface area (Å²) in [6.45, 7) is 5.94. The molecule has 29 heavy (non-hydrogen) atoms. The van der Waals surface area contributed by atoms with Crippen LogP contribution in [0, 0.1) is 5.41 Å². The Kier molecular flexibility index (Phi) is 5.15. The van der Waals surface area contributed by atoms with Gasteiger partial charge in [-0.2, -0.15) is 0 Å². The van der Waals surface area contributed by atoms with Gasteiger partial charge in [-0.05, 0) is 11.6 Å². The van der Waals surface area contributed by atoms with Crippen LogP contribution in [0.3, 0.4) is 0 Å². The lowest BCUT2D eigenvalue weighted by Crippen LogP contribution is -2.50. The molecule has 7 heteroatoms. The average molecular weight is 391 g/mol. The lowest BCUT2D eigenvalue weighted by atomic mass is 9.90. The lowest BCUT2D eigenvalue weighted by Gasteiger charge is -2.41. The second kappa shape index (κ2) is 7.75. The Labute approximate surface area is 169 Å². The highest BCUT2D eigenvalue weighted by Crippen LogP contribution is 2.30. The van der Waals surface area contributed by atoms with Crippen molar-refractivity contribution in [3.05, 3.63) is 70.9 Å². The minimum Gasteiger partial charge on any atom is -0.391 e. The quantitative estimate of drug-likeness (QED) is 0.717. The standard InChI is InChI=1S/C22H25N5O2/c1-22(2)13-26(12-17(28)10-16-6-4-3-5-7-16)21-25-19(11-20(29)27(21)14-22)18-8-9-23-15-24-18/h3-9,11,15,17,28H,10,12-14H2,1-2H3. The molecule has 1 aliphatic heterocycles. The molecule has 4 rings (SSSR count). The van der Waals surface area contributed by atoms with Crippen LogP contribution in [-0.4, -0.2) is 43.8 Å². The lowest BCUT2D eigenvalue weighted by molar-refractivity contribution is 0.169. The second-order valence-electron chi connectivity index (χ2n) is 8.35. The number of aliphatic hydroxyl groups excluding tert-OH is 1. The molecule has 1 aromatic carbocycles.